The van der Waals surface area contributed by atoms with E-state index in [0.29, 0.717) is 6.10 Å². The lowest BCUT2D eigenvalue weighted by Gasteiger charge is -2.37. The molecule has 1 unspecified atom stereocenters. The van der Waals surface area contributed by atoms with Crippen LogP contribution < -0.4 is 10.6 Å². The van der Waals surface area contributed by atoms with Crippen molar-refractivity contribution in [3.63, 3.8) is 0 Å². The first kappa shape index (κ1) is 16.6. The van der Waals surface area contributed by atoms with Crippen molar-refractivity contribution in [1.82, 2.24) is 4.90 Å². The molecule has 0 spiro atoms. The molecule has 0 aromatic heterocycles. The molecule has 2 heterocycles. The Morgan fingerprint density at radius 1 is 1.22 bits per heavy atom. The number of hydrogen-bond donors (Lipinski definition) is 1. The average molecular weight is 319 g/mol. The summed E-state index contributed by atoms with van der Waals surface area (Å²) in [5.74, 6) is 0. The summed E-state index contributed by atoms with van der Waals surface area (Å²) in [5.41, 5.74) is 9.59. The monoisotopic (exact) mass is 319 g/mol. The Bertz CT molecular complexity index is 540. The molecule has 2 aliphatic heterocycles. The van der Waals surface area contributed by atoms with E-state index in [1.54, 1.807) is 0 Å². The lowest BCUT2D eigenvalue weighted by atomic mass is 10.1. The van der Waals surface area contributed by atoms with Crippen LogP contribution in [0.2, 0.25) is 0 Å². The Kier molecular flexibility index (Phi) is 4.80. The molecular formula is C18H31N4O+. The van der Waals surface area contributed by atoms with Gasteiger partial charge in [-0.3, -0.25) is 4.90 Å². The minimum atomic E-state index is 0.352. The fourth-order valence-corrected chi connectivity index (χ4v) is 3.66. The summed E-state index contributed by atoms with van der Waals surface area (Å²) in [6.07, 6.45) is 1.49. The number of benzene rings is 1. The number of anilines is 2. The van der Waals surface area contributed by atoms with E-state index in [9.17, 15) is 0 Å². The molecule has 128 valence electrons. The van der Waals surface area contributed by atoms with Crippen LogP contribution in [0, 0.1) is 0 Å². The smallest absolute Gasteiger partial charge is 0.119 e. The van der Waals surface area contributed by atoms with E-state index in [-0.39, 0.29) is 0 Å². The van der Waals surface area contributed by atoms with Crippen molar-refractivity contribution in [2.24, 2.45) is 0 Å². The zero-order chi connectivity index (χ0) is 16.4. The molecule has 3 rings (SSSR count). The maximum Gasteiger partial charge on any atom is 0.119 e. The van der Waals surface area contributed by atoms with Crippen LogP contribution >= 0.6 is 0 Å². The highest BCUT2D eigenvalue weighted by molar-refractivity contribution is 5.64. The van der Waals surface area contributed by atoms with Crippen molar-refractivity contribution in [1.29, 1.82) is 0 Å². The quantitative estimate of drug-likeness (QED) is 0.650. The number of nitrogen functional groups attached to an aromatic ring is 1. The number of morpholine rings is 1. The van der Waals surface area contributed by atoms with Crippen molar-refractivity contribution < 1.29 is 9.22 Å². The van der Waals surface area contributed by atoms with Gasteiger partial charge < -0.3 is 19.9 Å². The molecule has 2 N–H and O–H groups in total. The SMILES string of the molecule is C[N+](C)(C)CC1CN(CCN2CCc3ccc(N)cc32)CCO1. The van der Waals surface area contributed by atoms with E-state index in [2.05, 4.69) is 43.1 Å². The summed E-state index contributed by atoms with van der Waals surface area (Å²) < 4.78 is 6.90. The van der Waals surface area contributed by atoms with E-state index in [1.165, 1.54) is 11.3 Å². The van der Waals surface area contributed by atoms with Gasteiger partial charge in [0.25, 0.3) is 0 Å². The first-order valence-electron chi connectivity index (χ1n) is 8.68. The molecule has 1 aromatic rings. The van der Waals surface area contributed by atoms with Gasteiger partial charge in [0.1, 0.15) is 12.6 Å². The Hall–Kier alpha value is -1.30. The number of nitrogens with two attached hydrogens (primary N) is 1. The third kappa shape index (κ3) is 4.37. The van der Waals surface area contributed by atoms with Crippen molar-refractivity contribution in [3.05, 3.63) is 23.8 Å². The molecule has 0 amide bonds. The molecule has 0 aliphatic carbocycles. The van der Waals surface area contributed by atoms with Crippen LogP contribution in [0.3, 0.4) is 0 Å². The molecule has 1 atom stereocenters. The fraction of sp³-hybridized carbons (Fsp3) is 0.667. The summed E-state index contributed by atoms with van der Waals surface area (Å²) in [4.78, 5) is 5.03. The number of likely N-dealkylation sites (N-methyl/N-ethyl adjacent to an activating group) is 1. The van der Waals surface area contributed by atoms with Crippen LogP contribution in [0.1, 0.15) is 5.56 Å². The molecular weight excluding hydrogens is 288 g/mol. The van der Waals surface area contributed by atoms with Gasteiger partial charge in [-0.05, 0) is 24.1 Å². The summed E-state index contributed by atoms with van der Waals surface area (Å²) in [6.45, 7) is 7.32. The van der Waals surface area contributed by atoms with Crippen LogP contribution in [0.5, 0.6) is 0 Å². The van der Waals surface area contributed by atoms with Gasteiger partial charge in [0, 0.05) is 44.1 Å². The number of fused-ring (bicyclic) bond motifs is 1. The highest BCUT2D eigenvalue weighted by atomic mass is 16.5. The normalized spacial score (nSPS) is 22.4. The second kappa shape index (κ2) is 6.67. The Morgan fingerprint density at radius 2 is 2.04 bits per heavy atom. The topological polar surface area (TPSA) is 41.7 Å². The van der Waals surface area contributed by atoms with Crippen molar-refractivity contribution in [2.45, 2.75) is 12.5 Å². The minimum Gasteiger partial charge on any atom is -0.399 e. The van der Waals surface area contributed by atoms with E-state index in [1.807, 2.05) is 6.07 Å². The second-order valence-electron chi connectivity index (χ2n) is 7.89. The van der Waals surface area contributed by atoms with Gasteiger partial charge >= 0.3 is 0 Å². The zero-order valence-electron chi connectivity index (χ0n) is 14.8. The van der Waals surface area contributed by atoms with Gasteiger partial charge in [0.2, 0.25) is 0 Å². The number of nitrogens with zero attached hydrogens (tertiary/aromatic N) is 3. The lowest BCUT2D eigenvalue weighted by Crippen LogP contribution is -2.52. The fourth-order valence-electron chi connectivity index (χ4n) is 3.66. The predicted molar refractivity (Wildman–Crippen MR) is 95.9 cm³/mol. The first-order chi connectivity index (χ1) is 10.9. The molecule has 2 aliphatic rings. The van der Waals surface area contributed by atoms with Crippen molar-refractivity contribution >= 4 is 11.4 Å². The van der Waals surface area contributed by atoms with Crippen LogP contribution in [0.25, 0.3) is 0 Å². The molecule has 1 aromatic carbocycles. The number of quaternary nitrogens is 1. The van der Waals surface area contributed by atoms with Gasteiger partial charge in [-0.1, -0.05) is 6.07 Å². The van der Waals surface area contributed by atoms with Gasteiger partial charge in [-0.15, -0.1) is 0 Å². The second-order valence-corrected chi connectivity index (χ2v) is 7.89. The van der Waals surface area contributed by atoms with E-state index in [4.69, 9.17) is 10.5 Å². The number of rotatable bonds is 5. The Balaban J connectivity index is 1.52. The third-order valence-electron chi connectivity index (χ3n) is 4.76. The maximum absolute atomic E-state index is 5.95. The third-order valence-corrected chi connectivity index (χ3v) is 4.76. The first-order valence-corrected chi connectivity index (χ1v) is 8.68. The average Bonchev–Trinajstić information content (AvgIpc) is 2.86. The van der Waals surface area contributed by atoms with E-state index >= 15 is 0 Å². The van der Waals surface area contributed by atoms with Crippen LogP contribution in [-0.4, -0.2) is 82.5 Å². The largest absolute Gasteiger partial charge is 0.399 e. The summed E-state index contributed by atoms with van der Waals surface area (Å²) in [7, 11) is 6.69. The van der Waals surface area contributed by atoms with Crippen LogP contribution in [0.4, 0.5) is 11.4 Å². The van der Waals surface area contributed by atoms with Gasteiger partial charge in [0.05, 0.1) is 27.7 Å². The van der Waals surface area contributed by atoms with Crippen LogP contribution in [-0.2, 0) is 11.2 Å². The molecule has 0 radical (unpaired) electrons. The number of ether oxygens (including phenoxy) is 1. The Labute approximate surface area is 140 Å². The molecule has 23 heavy (non-hydrogen) atoms. The summed E-state index contributed by atoms with van der Waals surface area (Å²) >= 11 is 0. The predicted octanol–water partition coefficient (Wildman–Crippen LogP) is 1.04. The summed E-state index contributed by atoms with van der Waals surface area (Å²) in [5, 5.41) is 0. The summed E-state index contributed by atoms with van der Waals surface area (Å²) in [6, 6.07) is 6.32. The standard InChI is InChI=1S/C18H31N4O/c1-22(2,3)14-17-13-20(10-11-23-17)8-9-21-7-6-15-4-5-16(19)12-18(15)21/h4-5,12,17H,6-11,13-14,19H2,1-3H3/q+1. The van der Waals surface area contributed by atoms with Crippen molar-refractivity contribution in [2.75, 3.05) is 77.7 Å². The highest BCUT2D eigenvalue weighted by Crippen LogP contribution is 2.29. The molecule has 1 saturated heterocycles. The van der Waals surface area contributed by atoms with E-state index < -0.39 is 0 Å². The van der Waals surface area contributed by atoms with Gasteiger partial charge in [-0.2, -0.15) is 0 Å². The molecule has 5 heteroatoms. The van der Waals surface area contributed by atoms with Gasteiger partial charge in [0.15, 0.2) is 0 Å². The molecule has 0 bridgehead atoms. The molecule has 1 fully saturated rings. The van der Waals surface area contributed by atoms with E-state index in [0.717, 1.165) is 62.5 Å². The Morgan fingerprint density at radius 3 is 2.83 bits per heavy atom. The molecule has 0 saturated carbocycles. The molecule has 5 nitrogen and oxygen atoms in total. The highest BCUT2D eigenvalue weighted by Gasteiger charge is 2.26. The van der Waals surface area contributed by atoms with Crippen LogP contribution in [0.15, 0.2) is 18.2 Å². The minimum absolute atomic E-state index is 0.352. The number of hydrogen-bond acceptors (Lipinski definition) is 4. The lowest BCUT2D eigenvalue weighted by molar-refractivity contribution is -0.873. The maximum atomic E-state index is 5.95. The zero-order valence-corrected chi connectivity index (χ0v) is 14.8. The van der Waals surface area contributed by atoms with Gasteiger partial charge in [-0.25, -0.2) is 0 Å². The van der Waals surface area contributed by atoms with Crippen molar-refractivity contribution in [3.8, 4) is 0 Å².